The smallest absolute Gasteiger partial charge is 0.238 e. The first-order valence-corrected chi connectivity index (χ1v) is 16.7. The largest absolute Gasteiger partial charge is 0.374 e. The average Bonchev–Trinajstić information content (AvgIpc) is 3.71. The lowest BCUT2D eigenvalue weighted by Crippen LogP contribution is -2.39. The highest BCUT2D eigenvalue weighted by Gasteiger charge is 2.47. The van der Waals surface area contributed by atoms with Crippen LogP contribution in [0, 0.1) is 0 Å². The first-order chi connectivity index (χ1) is 22.9. The second kappa shape index (κ2) is 15.5. The minimum Gasteiger partial charge on any atom is -0.374 e. The molecule has 0 spiro atoms. The molecule has 12 heteroatoms. The number of ether oxygens (including phenoxy) is 5. The van der Waals surface area contributed by atoms with Crippen LogP contribution in [0.2, 0.25) is 0 Å². The fraction of sp³-hybridized carbons (Fsp3) is 0.257. The van der Waals surface area contributed by atoms with Gasteiger partial charge in [-0.2, -0.15) is 0 Å². The van der Waals surface area contributed by atoms with Gasteiger partial charge >= 0.3 is 0 Å². The van der Waals surface area contributed by atoms with Gasteiger partial charge in [-0.05, 0) is 41.0 Å². The van der Waals surface area contributed by atoms with E-state index in [1.165, 1.54) is 16.8 Å². The lowest BCUT2D eigenvalue weighted by atomic mass is 10.1. The molecule has 1 fully saturated rings. The summed E-state index contributed by atoms with van der Waals surface area (Å²) in [5, 5.41) is 13.6. The molecule has 1 aromatic heterocycles. The van der Waals surface area contributed by atoms with Gasteiger partial charge in [-0.25, -0.2) is 18.2 Å². The number of primary sulfonamides is 1. The van der Waals surface area contributed by atoms with Gasteiger partial charge < -0.3 is 23.7 Å². The van der Waals surface area contributed by atoms with Crippen molar-refractivity contribution < 1.29 is 32.1 Å². The van der Waals surface area contributed by atoms with Crippen molar-refractivity contribution in [1.29, 1.82) is 0 Å². The van der Waals surface area contributed by atoms with E-state index in [1.807, 2.05) is 91.0 Å². The van der Waals surface area contributed by atoms with Gasteiger partial charge in [0.15, 0.2) is 6.29 Å². The molecule has 0 amide bonds. The summed E-state index contributed by atoms with van der Waals surface area (Å²) in [6, 6.07) is 35.8. The quantitative estimate of drug-likeness (QED) is 0.172. The van der Waals surface area contributed by atoms with Gasteiger partial charge in [0.05, 0.1) is 49.8 Å². The van der Waals surface area contributed by atoms with Crippen molar-refractivity contribution in [2.75, 3.05) is 6.61 Å². The Balaban J connectivity index is 1.18. The van der Waals surface area contributed by atoms with Crippen molar-refractivity contribution in [3.63, 3.8) is 0 Å². The van der Waals surface area contributed by atoms with Crippen LogP contribution in [-0.2, 0) is 60.1 Å². The Morgan fingerprint density at radius 1 is 0.681 bits per heavy atom. The van der Waals surface area contributed by atoms with Crippen LogP contribution in [0.5, 0.6) is 0 Å². The summed E-state index contributed by atoms with van der Waals surface area (Å²) in [6.07, 6.45) is -0.632. The highest BCUT2D eigenvalue weighted by atomic mass is 32.2. The molecule has 244 valence electrons. The van der Waals surface area contributed by atoms with E-state index in [2.05, 4.69) is 10.3 Å². The molecule has 0 aliphatic carbocycles. The molecule has 1 aliphatic rings. The summed E-state index contributed by atoms with van der Waals surface area (Å²) < 4.78 is 56.5. The minimum atomic E-state index is -3.80. The lowest BCUT2D eigenvalue weighted by molar-refractivity contribution is -0.191. The number of benzene rings is 4. The van der Waals surface area contributed by atoms with E-state index in [4.69, 9.17) is 28.8 Å². The summed E-state index contributed by atoms with van der Waals surface area (Å²) in [5.41, 5.74) is 4.24. The molecule has 4 aromatic carbocycles. The van der Waals surface area contributed by atoms with Gasteiger partial charge in [-0.1, -0.05) is 96.2 Å². The van der Waals surface area contributed by atoms with Crippen molar-refractivity contribution in [2.24, 2.45) is 5.14 Å². The lowest BCUT2D eigenvalue weighted by Gasteiger charge is -2.25. The molecule has 4 atom stereocenters. The topological polar surface area (TPSA) is 137 Å². The SMILES string of the molecule is NS(=O)(=O)c1ccc(-n2cc(CO[C@@H]3O[C@H](COCc4ccccc4)[C@@H](OCc4ccccc4)[C@H]3OCc3ccccc3)nn2)cc1. The maximum atomic E-state index is 11.6. The van der Waals surface area contributed by atoms with Crippen LogP contribution in [0.25, 0.3) is 5.69 Å². The molecule has 0 unspecified atom stereocenters. The standard InChI is InChI=1S/C35H36N4O7S/c36-47(40,41)31-18-16-30(17-19-31)39-20-29(37-38-39)24-45-35-34(44-23-28-14-8-3-9-15-28)33(43-22-27-12-6-2-7-13-27)32(46-35)25-42-21-26-10-4-1-5-11-26/h1-20,32-35H,21-25H2,(H2,36,40,41)/t32-,33-,34-,35-/m1/s1. The van der Waals surface area contributed by atoms with Crippen LogP contribution in [0.1, 0.15) is 22.4 Å². The van der Waals surface area contributed by atoms with Crippen LogP contribution < -0.4 is 5.14 Å². The van der Waals surface area contributed by atoms with Crippen LogP contribution in [0.15, 0.2) is 126 Å². The Labute approximate surface area is 273 Å². The summed E-state index contributed by atoms with van der Waals surface area (Å²) in [6.45, 7) is 1.47. The fourth-order valence-electron chi connectivity index (χ4n) is 5.18. The van der Waals surface area contributed by atoms with Crippen LogP contribution in [0.4, 0.5) is 0 Å². The summed E-state index contributed by atoms with van der Waals surface area (Å²) in [7, 11) is -3.80. The molecule has 0 bridgehead atoms. The first-order valence-electron chi connectivity index (χ1n) is 15.2. The average molecular weight is 657 g/mol. The number of nitrogens with two attached hydrogens (primary N) is 1. The normalized spacial score (nSPS) is 19.6. The highest BCUT2D eigenvalue weighted by Crippen LogP contribution is 2.30. The molecule has 2 heterocycles. The summed E-state index contributed by atoms with van der Waals surface area (Å²) in [4.78, 5) is 0.0104. The molecule has 0 saturated carbocycles. The van der Waals surface area contributed by atoms with E-state index in [0.29, 0.717) is 31.2 Å². The molecule has 1 saturated heterocycles. The third-order valence-electron chi connectivity index (χ3n) is 7.60. The van der Waals surface area contributed by atoms with Crippen molar-refractivity contribution in [2.45, 2.75) is 55.9 Å². The molecule has 11 nitrogen and oxygen atoms in total. The van der Waals surface area contributed by atoms with Gasteiger partial charge in [0.2, 0.25) is 10.0 Å². The Bertz CT molecular complexity index is 1790. The molecular weight excluding hydrogens is 620 g/mol. The maximum absolute atomic E-state index is 11.6. The molecule has 6 rings (SSSR count). The van der Waals surface area contributed by atoms with Gasteiger partial charge in [-0.15, -0.1) is 5.10 Å². The Morgan fingerprint density at radius 2 is 1.23 bits per heavy atom. The third kappa shape index (κ3) is 8.96. The van der Waals surface area contributed by atoms with Crippen molar-refractivity contribution >= 4 is 10.0 Å². The zero-order valence-electron chi connectivity index (χ0n) is 25.6. The van der Waals surface area contributed by atoms with E-state index in [-0.39, 0.29) is 18.1 Å². The Kier molecular flexibility index (Phi) is 10.8. The third-order valence-corrected chi connectivity index (χ3v) is 8.53. The van der Waals surface area contributed by atoms with Crippen molar-refractivity contribution in [1.82, 2.24) is 15.0 Å². The second-order valence-electron chi connectivity index (χ2n) is 11.1. The number of rotatable bonds is 15. The van der Waals surface area contributed by atoms with E-state index < -0.39 is 34.6 Å². The predicted octanol–water partition coefficient (Wildman–Crippen LogP) is 4.54. The fourth-order valence-corrected chi connectivity index (χ4v) is 5.70. The highest BCUT2D eigenvalue weighted by molar-refractivity contribution is 7.89. The van der Waals surface area contributed by atoms with E-state index in [9.17, 15) is 8.42 Å². The van der Waals surface area contributed by atoms with Gasteiger partial charge in [0.1, 0.15) is 24.0 Å². The van der Waals surface area contributed by atoms with Crippen molar-refractivity contribution in [3.05, 3.63) is 144 Å². The number of aromatic nitrogens is 3. The minimum absolute atomic E-state index is 0.0104. The first kappa shape index (κ1) is 32.7. The van der Waals surface area contributed by atoms with Gasteiger partial charge in [-0.3, -0.25) is 0 Å². The molecular formula is C35H36N4O7S. The monoisotopic (exact) mass is 656 g/mol. The molecule has 2 N–H and O–H groups in total. The molecule has 47 heavy (non-hydrogen) atoms. The Hall–Kier alpha value is -4.27. The molecule has 0 radical (unpaired) electrons. The molecule has 1 aliphatic heterocycles. The number of sulfonamides is 1. The predicted molar refractivity (Wildman–Crippen MR) is 172 cm³/mol. The van der Waals surface area contributed by atoms with Crippen LogP contribution >= 0.6 is 0 Å². The van der Waals surface area contributed by atoms with Gasteiger partial charge in [0.25, 0.3) is 0 Å². The van der Waals surface area contributed by atoms with E-state index >= 15 is 0 Å². The van der Waals surface area contributed by atoms with E-state index in [1.54, 1.807) is 18.3 Å². The number of hydrogen-bond donors (Lipinski definition) is 1. The summed E-state index contributed by atoms with van der Waals surface area (Å²) >= 11 is 0. The zero-order valence-corrected chi connectivity index (χ0v) is 26.4. The van der Waals surface area contributed by atoms with Crippen molar-refractivity contribution in [3.8, 4) is 5.69 Å². The number of hydrogen-bond acceptors (Lipinski definition) is 9. The Morgan fingerprint density at radius 3 is 1.81 bits per heavy atom. The van der Waals surface area contributed by atoms with Gasteiger partial charge in [0, 0.05) is 0 Å². The number of nitrogens with zero attached hydrogens (tertiary/aromatic N) is 3. The van der Waals surface area contributed by atoms with E-state index in [0.717, 1.165) is 16.7 Å². The zero-order chi connectivity index (χ0) is 32.5. The molecule has 5 aromatic rings. The second-order valence-corrected chi connectivity index (χ2v) is 12.6. The van der Waals surface area contributed by atoms with Crippen LogP contribution in [-0.4, -0.2) is 54.6 Å². The maximum Gasteiger partial charge on any atom is 0.238 e. The summed E-state index contributed by atoms with van der Waals surface area (Å²) in [5.74, 6) is 0. The van der Waals surface area contributed by atoms with Crippen LogP contribution in [0.3, 0.4) is 0 Å².